The molecule has 2 amide bonds. The summed E-state index contributed by atoms with van der Waals surface area (Å²) in [7, 11) is 0. The van der Waals surface area contributed by atoms with Crippen LogP contribution in [0, 0.1) is 51.2 Å². The monoisotopic (exact) mass is 764 g/mol. The van der Waals surface area contributed by atoms with E-state index in [1.54, 1.807) is 0 Å². The Balaban J connectivity index is 1.25. The molecule has 2 aliphatic heterocycles. The van der Waals surface area contributed by atoms with Gasteiger partial charge in [0.05, 0.1) is 18.0 Å². The maximum absolute atomic E-state index is 15.2. The standard InChI is InChI=1S/C46H73N3O6/c1-8-15-32(40(53)38(52)24-30-19-20-30)25-36(50)35-27-46(44(6,7)45(46)21-14-22-45)29-49(35)42(55)34(43(3,4)5)26-37(51)39(31-16-11-10-12-17-31)47-41(54)33-18-13-23-48(9-2)28-33/h30-35,39H,8-29H2,1-7H3,(H,47,54)/t32-,33+,34-,35+,39+,46-/m1/s1. The smallest absolute Gasteiger partial charge is 0.227 e. The molecule has 2 spiro atoms. The molecule has 0 unspecified atom stereocenters. The zero-order valence-corrected chi connectivity index (χ0v) is 35.4. The van der Waals surface area contributed by atoms with Crippen molar-refractivity contribution < 1.29 is 28.8 Å². The molecule has 6 fully saturated rings. The van der Waals surface area contributed by atoms with Gasteiger partial charge in [-0.05, 0) is 105 Å². The molecule has 0 bridgehead atoms. The molecular formula is C46H73N3O6. The van der Waals surface area contributed by atoms with Gasteiger partial charge in [-0.2, -0.15) is 0 Å². The Hall–Kier alpha value is -2.42. The fraction of sp³-hybridized carbons (Fsp3) is 0.870. The number of piperidine rings is 1. The number of fused-ring (bicyclic) bond motifs is 1. The fourth-order valence-corrected chi connectivity index (χ4v) is 12.1. The van der Waals surface area contributed by atoms with Gasteiger partial charge >= 0.3 is 0 Å². The number of rotatable bonds is 17. The second-order valence-electron chi connectivity index (χ2n) is 20.6. The van der Waals surface area contributed by atoms with E-state index >= 15 is 4.79 Å². The number of carbonyl (C=O) groups is 6. The summed E-state index contributed by atoms with van der Waals surface area (Å²) in [5.74, 6) is -2.27. The summed E-state index contributed by atoms with van der Waals surface area (Å²) in [4.78, 5) is 88.9. The number of likely N-dealkylation sites (tertiary alicyclic amines) is 2. The highest BCUT2D eigenvalue weighted by molar-refractivity contribution is 6.38. The lowest BCUT2D eigenvalue weighted by molar-refractivity contribution is -0.147. The molecule has 9 heteroatoms. The van der Waals surface area contributed by atoms with E-state index in [0.717, 1.165) is 90.1 Å². The van der Waals surface area contributed by atoms with Crippen LogP contribution < -0.4 is 5.32 Å². The summed E-state index contributed by atoms with van der Waals surface area (Å²) in [5, 5.41) is 3.27. The second-order valence-corrected chi connectivity index (χ2v) is 20.6. The molecule has 6 atom stereocenters. The molecule has 2 saturated heterocycles. The largest absolute Gasteiger partial charge is 0.346 e. The maximum Gasteiger partial charge on any atom is 0.227 e. The van der Waals surface area contributed by atoms with Crippen molar-refractivity contribution in [2.75, 3.05) is 26.2 Å². The molecule has 4 saturated carbocycles. The van der Waals surface area contributed by atoms with Gasteiger partial charge in [0.25, 0.3) is 0 Å². The third-order valence-electron chi connectivity index (χ3n) is 16.2. The summed E-state index contributed by atoms with van der Waals surface area (Å²) >= 11 is 0. The topological polar surface area (TPSA) is 121 Å². The van der Waals surface area contributed by atoms with Crippen LogP contribution in [0.4, 0.5) is 0 Å². The molecule has 0 aromatic heterocycles. The van der Waals surface area contributed by atoms with Crippen LogP contribution in [0.3, 0.4) is 0 Å². The predicted molar refractivity (Wildman–Crippen MR) is 214 cm³/mol. The van der Waals surface area contributed by atoms with E-state index in [4.69, 9.17) is 0 Å². The quantitative estimate of drug-likeness (QED) is 0.152. The number of carbonyl (C=O) groups excluding carboxylic acids is 6. The number of ketones is 4. The van der Waals surface area contributed by atoms with Crippen molar-refractivity contribution >= 4 is 34.9 Å². The number of hydrogen-bond acceptors (Lipinski definition) is 7. The van der Waals surface area contributed by atoms with Gasteiger partial charge in [0.1, 0.15) is 0 Å². The first-order valence-corrected chi connectivity index (χ1v) is 22.5. The van der Waals surface area contributed by atoms with Crippen LogP contribution in [-0.4, -0.2) is 83.0 Å². The third kappa shape index (κ3) is 8.17. The van der Waals surface area contributed by atoms with Gasteiger partial charge in [0.2, 0.25) is 17.6 Å². The molecule has 0 aromatic carbocycles. The number of hydrogen-bond donors (Lipinski definition) is 1. The van der Waals surface area contributed by atoms with E-state index in [9.17, 15) is 24.0 Å². The molecule has 4 aliphatic carbocycles. The van der Waals surface area contributed by atoms with Crippen molar-refractivity contribution in [2.45, 2.75) is 176 Å². The molecule has 0 aromatic rings. The second kappa shape index (κ2) is 16.4. The Bertz CT molecular complexity index is 1480. The SMILES string of the molecule is CCC[C@H](CC(=O)[C@@H]1C[C@@]2(CN1C(=O)[C@@H](CC(=O)[C@@H](NC(=O)[C@H]1CCCN(CC)C1)C1CCCCC1)C(C)(C)C)C(C)(C)C21CCC1)C(=O)C(=O)CC1CC1. The lowest BCUT2D eigenvalue weighted by Crippen LogP contribution is -2.53. The van der Waals surface area contributed by atoms with Gasteiger partial charge in [-0.25, -0.2) is 0 Å². The van der Waals surface area contributed by atoms with Crippen molar-refractivity contribution in [1.29, 1.82) is 0 Å². The van der Waals surface area contributed by atoms with E-state index in [-0.39, 0.29) is 76.5 Å². The lowest BCUT2D eigenvalue weighted by Gasteiger charge is -2.38. The molecular weight excluding hydrogens is 691 g/mol. The molecule has 308 valence electrons. The summed E-state index contributed by atoms with van der Waals surface area (Å²) in [6.07, 6.45) is 14.1. The number of nitrogens with one attached hydrogen (secondary N) is 1. The molecule has 2 heterocycles. The van der Waals surface area contributed by atoms with Crippen LogP contribution in [-0.2, 0) is 28.8 Å². The van der Waals surface area contributed by atoms with E-state index in [1.807, 2.05) is 32.6 Å². The molecule has 55 heavy (non-hydrogen) atoms. The Morgan fingerprint density at radius 3 is 2.09 bits per heavy atom. The highest BCUT2D eigenvalue weighted by Gasteiger charge is 2.85. The summed E-state index contributed by atoms with van der Waals surface area (Å²) < 4.78 is 0. The highest BCUT2D eigenvalue weighted by atomic mass is 16.2. The van der Waals surface area contributed by atoms with Crippen LogP contribution >= 0.6 is 0 Å². The van der Waals surface area contributed by atoms with Crippen LogP contribution in [0.25, 0.3) is 0 Å². The Morgan fingerprint density at radius 2 is 1.53 bits per heavy atom. The van der Waals surface area contributed by atoms with E-state index in [2.05, 4.69) is 31.0 Å². The molecule has 0 radical (unpaired) electrons. The average molecular weight is 764 g/mol. The number of Topliss-reactive ketones (excluding diaryl/α,β-unsaturated/α-hetero) is 4. The van der Waals surface area contributed by atoms with Gasteiger partial charge in [-0.3, -0.25) is 28.8 Å². The zero-order valence-electron chi connectivity index (χ0n) is 35.4. The Morgan fingerprint density at radius 1 is 0.836 bits per heavy atom. The van der Waals surface area contributed by atoms with Crippen LogP contribution in [0.15, 0.2) is 0 Å². The van der Waals surface area contributed by atoms with Crippen molar-refractivity contribution in [3.05, 3.63) is 0 Å². The Kier molecular flexibility index (Phi) is 12.6. The number of amides is 2. The minimum Gasteiger partial charge on any atom is -0.346 e. The van der Waals surface area contributed by atoms with Crippen LogP contribution in [0.5, 0.6) is 0 Å². The predicted octanol–water partition coefficient (Wildman–Crippen LogP) is 7.52. The van der Waals surface area contributed by atoms with E-state index in [1.165, 1.54) is 0 Å². The van der Waals surface area contributed by atoms with Crippen molar-refractivity contribution in [3.63, 3.8) is 0 Å². The van der Waals surface area contributed by atoms with Crippen molar-refractivity contribution in [2.24, 2.45) is 51.2 Å². The summed E-state index contributed by atoms with van der Waals surface area (Å²) in [6, 6.07) is -1.31. The Labute approximate surface area is 331 Å². The minimum absolute atomic E-state index is 0.0150. The molecule has 9 nitrogen and oxygen atoms in total. The molecule has 6 rings (SSSR count). The average Bonchev–Trinajstić information content (AvgIpc) is 3.96. The third-order valence-corrected chi connectivity index (χ3v) is 16.2. The normalized spacial score (nSPS) is 29.3. The summed E-state index contributed by atoms with van der Waals surface area (Å²) in [6.45, 7) is 17.8. The first-order chi connectivity index (χ1) is 26.0. The summed E-state index contributed by atoms with van der Waals surface area (Å²) in [5.41, 5.74) is -0.689. The van der Waals surface area contributed by atoms with Crippen LogP contribution in [0.2, 0.25) is 0 Å². The maximum atomic E-state index is 15.2. The first-order valence-electron chi connectivity index (χ1n) is 22.5. The molecule has 6 aliphatic rings. The van der Waals surface area contributed by atoms with Gasteiger partial charge in [0, 0.05) is 49.6 Å². The molecule has 1 N–H and O–H groups in total. The fourth-order valence-electron chi connectivity index (χ4n) is 12.1. The first kappa shape index (κ1) is 42.2. The van der Waals surface area contributed by atoms with Gasteiger partial charge in [0.15, 0.2) is 17.3 Å². The van der Waals surface area contributed by atoms with E-state index < -0.39 is 35.1 Å². The van der Waals surface area contributed by atoms with Crippen molar-refractivity contribution in [1.82, 2.24) is 15.1 Å². The number of nitrogens with zero attached hydrogens (tertiary/aromatic N) is 2. The van der Waals surface area contributed by atoms with Crippen LogP contribution in [0.1, 0.15) is 164 Å². The van der Waals surface area contributed by atoms with Gasteiger partial charge in [-0.1, -0.05) is 80.6 Å². The van der Waals surface area contributed by atoms with Gasteiger partial charge < -0.3 is 15.1 Å². The van der Waals surface area contributed by atoms with E-state index in [0.29, 0.717) is 38.3 Å². The lowest BCUT2D eigenvalue weighted by atomic mass is 9.73. The highest BCUT2D eigenvalue weighted by Crippen LogP contribution is 2.88. The zero-order chi connectivity index (χ0) is 39.9. The van der Waals surface area contributed by atoms with Crippen molar-refractivity contribution in [3.8, 4) is 0 Å². The van der Waals surface area contributed by atoms with Gasteiger partial charge in [-0.15, -0.1) is 0 Å². The minimum atomic E-state index is -0.681.